The summed E-state index contributed by atoms with van der Waals surface area (Å²) in [6.45, 7) is 6.21. The zero-order valence-electron chi connectivity index (χ0n) is 15.1. The second kappa shape index (κ2) is 6.56. The Morgan fingerprint density at radius 3 is 2.23 bits per heavy atom. The lowest BCUT2D eigenvalue weighted by molar-refractivity contribution is 1.10. The van der Waals surface area contributed by atoms with Gasteiger partial charge in [-0.15, -0.1) is 10.2 Å². The molecule has 0 aliphatic rings. The van der Waals surface area contributed by atoms with Crippen molar-refractivity contribution in [2.45, 2.75) is 20.8 Å². The Labute approximate surface area is 152 Å². The van der Waals surface area contributed by atoms with Crippen LogP contribution in [0.25, 0.3) is 16.9 Å². The van der Waals surface area contributed by atoms with E-state index in [-0.39, 0.29) is 0 Å². The topological polar surface area (TPSA) is 42.0 Å². The summed E-state index contributed by atoms with van der Waals surface area (Å²) in [5, 5.41) is 9.06. The van der Waals surface area contributed by atoms with Crippen molar-refractivity contribution in [3.05, 3.63) is 83.6 Å². The van der Waals surface area contributed by atoms with Crippen LogP contribution in [0.3, 0.4) is 0 Å². The highest BCUT2D eigenvalue weighted by atomic mass is 15.2. The van der Waals surface area contributed by atoms with E-state index < -0.39 is 0 Å². The molecule has 0 fully saturated rings. The van der Waals surface area contributed by atoms with Crippen molar-refractivity contribution in [2.75, 3.05) is 0 Å². The fourth-order valence-electron chi connectivity index (χ4n) is 3.10. The molecule has 4 nitrogen and oxygen atoms in total. The van der Waals surface area contributed by atoms with Crippen LogP contribution in [0.1, 0.15) is 16.7 Å². The van der Waals surface area contributed by atoms with Crippen molar-refractivity contribution >= 4 is 17.2 Å². The molecule has 0 aliphatic heterocycles. The van der Waals surface area contributed by atoms with Crippen LogP contribution in [0.15, 0.2) is 77.1 Å². The number of hydrogen-bond acceptors (Lipinski definition) is 3. The van der Waals surface area contributed by atoms with E-state index in [4.69, 9.17) is 4.98 Å². The molecule has 0 amide bonds. The molecule has 0 saturated heterocycles. The summed E-state index contributed by atoms with van der Waals surface area (Å²) < 4.78 is 1.97. The van der Waals surface area contributed by atoms with Gasteiger partial charge in [0.25, 0.3) is 0 Å². The van der Waals surface area contributed by atoms with Gasteiger partial charge in [0.1, 0.15) is 11.3 Å². The molecular weight excluding hydrogens is 320 g/mol. The summed E-state index contributed by atoms with van der Waals surface area (Å²) in [5.41, 5.74) is 7.15. The number of benzene rings is 2. The van der Waals surface area contributed by atoms with E-state index in [9.17, 15) is 0 Å². The van der Waals surface area contributed by atoms with E-state index >= 15 is 0 Å². The maximum absolute atomic E-state index is 4.77. The van der Waals surface area contributed by atoms with Gasteiger partial charge in [-0.25, -0.2) is 4.98 Å². The highest BCUT2D eigenvalue weighted by Crippen LogP contribution is 2.32. The molecule has 0 N–H and O–H groups in total. The minimum atomic E-state index is 0.739. The van der Waals surface area contributed by atoms with Crippen molar-refractivity contribution in [3.8, 4) is 11.3 Å². The Morgan fingerprint density at radius 2 is 1.50 bits per heavy atom. The molecular formula is C22H20N4. The van der Waals surface area contributed by atoms with Crippen molar-refractivity contribution in [1.82, 2.24) is 9.38 Å². The van der Waals surface area contributed by atoms with E-state index in [2.05, 4.69) is 61.3 Å². The summed E-state index contributed by atoms with van der Waals surface area (Å²) in [6, 6.07) is 20.5. The van der Waals surface area contributed by atoms with Gasteiger partial charge in [-0.05, 0) is 56.2 Å². The van der Waals surface area contributed by atoms with Crippen LogP contribution in [0.2, 0.25) is 0 Å². The van der Waals surface area contributed by atoms with Gasteiger partial charge in [-0.1, -0.05) is 42.0 Å². The zero-order valence-corrected chi connectivity index (χ0v) is 15.1. The van der Waals surface area contributed by atoms with Gasteiger partial charge in [0.05, 0.1) is 5.69 Å². The third-order valence-corrected chi connectivity index (χ3v) is 4.30. The van der Waals surface area contributed by atoms with Gasteiger partial charge >= 0.3 is 0 Å². The molecule has 0 unspecified atom stereocenters. The molecule has 2 aromatic carbocycles. The highest BCUT2D eigenvalue weighted by molar-refractivity contribution is 5.74. The standard InChI is InChI=1S/C22H20N4/c1-15-7-9-18(10-8-15)21-22(26-11-5-4-6-20(26)23-21)25-24-19-13-16(2)12-17(3)14-19/h4-14H,1-3H3. The number of fused-ring (bicyclic) bond motifs is 1. The third-order valence-electron chi connectivity index (χ3n) is 4.30. The van der Waals surface area contributed by atoms with Crippen molar-refractivity contribution in [1.29, 1.82) is 0 Å². The number of aromatic nitrogens is 2. The average Bonchev–Trinajstić information content (AvgIpc) is 2.98. The molecule has 4 heteroatoms. The smallest absolute Gasteiger partial charge is 0.187 e. The molecule has 2 aromatic heterocycles. The number of azo groups is 1. The molecule has 2 heterocycles. The number of rotatable bonds is 3. The fraction of sp³-hybridized carbons (Fsp3) is 0.136. The lowest BCUT2D eigenvalue weighted by Crippen LogP contribution is -1.82. The largest absolute Gasteiger partial charge is 0.283 e. The molecule has 0 bridgehead atoms. The lowest BCUT2D eigenvalue weighted by atomic mass is 10.1. The summed E-state index contributed by atoms with van der Waals surface area (Å²) >= 11 is 0. The number of imidazole rings is 1. The Morgan fingerprint density at radius 1 is 0.769 bits per heavy atom. The fourth-order valence-corrected chi connectivity index (χ4v) is 3.10. The first-order chi connectivity index (χ1) is 12.6. The third kappa shape index (κ3) is 3.14. The normalized spacial score (nSPS) is 11.5. The van der Waals surface area contributed by atoms with Gasteiger partial charge in [0.2, 0.25) is 0 Å². The van der Waals surface area contributed by atoms with Crippen LogP contribution < -0.4 is 0 Å². The van der Waals surface area contributed by atoms with Gasteiger partial charge in [0, 0.05) is 11.8 Å². The molecule has 0 spiro atoms. The second-order valence-corrected chi connectivity index (χ2v) is 6.62. The summed E-state index contributed by atoms with van der Waals surface area (Å²) in [5.74, 6) is 0.739. The van der Waals surface area contributed by atoms with Crippen molar-refractivity contribution in [2.24, 2.45) is 10.2 Å². The first kappa shape index (κ1) is 16.2. The molecule has 26 heavy (non-hydrogen) atoms. The maximum Gasteiger partial charge on any atom is 0.187 e. The summed E-state index contributed by atoms with van der Waals surface area (Å²) in [6.07, 6.45) is 1.97. The van der Waals surface area contributed by atoms with E-state index in [1.807, 2.05) is 40.9 Å². The first-order valence-corrected chi connectivity index (χ1v) is 8.64. The summed E-state index contributed by atoms with van der Waals surface area (Å²) in [4.78, 5) is 4.77. The minimum Gasteiger partial charge on any atom is -0.283 e. The number of aryl methyl sites for hydroxylation is 3. The lowest BCUT2D eigenvalue weighted by Gasteiger charge is -2.01. The van der Waals surface area contributed by atoms with Crippen LogP contribution in [0.4, 0.5) is 11.5 Å². The van der Waals surface area contributed by atoms with Gasteiger partial charge in [-0.2, -0.15) is 0 Å². The van der Waals surface area contributed by atoms with Gasteiger partial charge < -0.3 is 0 Å². The van der Waals surface area contributed by atoms with Crippen LogP contribution >= 0.6 is 0 Å². The molecule has 0 atom stereocenters. The van der Waals surface area contributed by atoms with Gasteiger partial charge in [-0.3, -0.25) is 4.40 Å². The van der Waals surface area contributed by atoms with E-state index in [0.717, 1.165) is 28.4 Å². The average molecular weight is 340 g/mol. The molecule has 0 aliphatic carbocycles. The SMILES string of the molecule is Cc1ccc(-c2nc3ccccn3c2N=Nc2cc(C)cc(C)c2)cc1. The van der Waals surface area contributed by atoms with Crippen LogP contribution in [-0.2, 0) is 0 Å². The van der Waals surface area contributed by atoms with Crippen molar-refractivity contribution < 1.29 is 0 Å². The van der Waals surface area contributed by atoms with Gasteiger partial charge in [0.15, 0.2) is 5.82 Å². The van der Waals surface area contributed by atoms with E-state index in [1.54, 1.807) is 0 Å². The number of hydrogen-bond donors (Lipinski definition) is 0. The molecule has 4 rings (SSSR count). The Bertz CT molecular complexity index is 1080. The Balaban J connectivity index is 1.86. The van der Waals surface area contributed by atoms with Crippen LogP contribution in [0, 0.1) is 20.8 Å². The predicted octanol–water partition coefficient (Wildman–Crippen LogP) is 6.34. The Hall–Kier alpha value is -3.27. The molecule has 0 radical (unpaired) electrons. The molecule has 4 aromatic rings. The Kier molecular flexibility index (Phi) is 4.09. The monoisotopic (exact) mass is 340 g/mol. The number of pyridine rings is 1. The first-order valence-electron chi connectivity index (χ1n) is 8.64. The quantitative estimate of drug-likeness (QED) is 0.401. The van der Waals surface area contributed by atoms with Crippen LogP contribution in [-0.4, -0.2) is 9.38 Å². The summed E-state index contributed by atoms with van der Waals surface area (Å²) in [7, 11) is 0. The maximum atomic E-state index is 4.77. The number of nitrogens with zero attached hydrogens (tertiary/aromatic N) is 4. The zero-order chi connectivity index (χ0) is 18.1. The predicted molar refractivity (Wildman–Crippen MR) is 105 cm³/mol. The molecule has 0 saturated carbocycles. The molecule has 128 valence electrons. The van der Waals surface area contributed by atoms with E-state index in [1.165, 1.54) is 16.7 Å². The van der Waals surface area contributed by atoms with Crippen LogP contribution in [0.5, 0.6) is 0 Å². The highest BCUT2D eigenvalue weighted by Gasteiger charge is 2.13. The second-order valence-electron chi connectivity index (χ2n) is 6.62. The van der Waals surface area contributed by atoms with Crippen molar-refractivity contribution in [3.63, 3.8) is 0 Å². The minimum absolute atomic E-state index is 0.739. The van der Waals surface area contributed by atoms with E-state index in [0.29, 0.717) is 0 Å².